The Kier molecular flexibility index (Phi) is 5.05. The number of piperazine rings is 1. The van der Waals surface area contributed by atoms with E-state index < -0.39 is 0 Å². The summed E-state index contributed by atoms with van der Waals surface area (Å²) in [7, 11) is 0. The minimum Gasteiger partial charge on any atom is -0.366 e. The van der Waals surface area contributed by atoms with Gasteiger partial charge in [0.05, 0.1) is 5.69 Å². The van der Waals surface area contributed by atoms with Crippen molar-refractivity contribution in [2.45, 2.75) is 0 Å². The van der Waals surface area contributed by atoms with Crippen molar-refractivity contribution >= 4 is 17.7 Å². The molecule has 1 amide bonds. The number of rotatable bonds is 3. The van der Waals surface area contributed by atoms with E-state index in [1.54, 1.807) is 53.7 Å². The van der Waals surface area contributed by atoms with E-state index in [4.69, 9.17) is 0 Å². The highest BCUT2D eigenvalue weighted by Crippen LogP contribution is 2.20. The van der Waals surface area contributed by atoms with Crippen LogP contribution < -0.4 is 4.90 Å². The summed E-state index contributed by atoms with van der Waals surface area (Å²) in [6.45, 7) is 1.94. The topological polar surface area (TPSA) is 60.2 Å². The van der Waals surface area contributed by atoms with Gasteiger partial charge in [-0.05, 0) is 29.8 Å². The van der Waals surface area contributed by atoms with Gasteiger partial charge in [0.25, 0.3) is 5.91 Å². The molecule has 1 aliphatic heterocycles. The number of nitriles is 1. The van der Waals surface area contributed by atoms with Crippen molar-refractivity contribution in [1.29, 1.82) is 5.26 Å². The van der Waals surface area contributed by atoms with Gasteiger partial charge in [-0.15, -0.1) is 0 Å². The molecular formula is C19H17FN4O. The summed E-state index contributed by atoms with van der Waals surface area (Å²) in [6.07, 6.45) is 4.77. The van der Waals surface area contributed by atoms with Crippen molar-refractivity contribution in [1.82, 2.24) is 9.88 Å². The zero-order valence-electron chi connectivity index (χ0n) is 13.6. The average Bonchev–Trinajstić information content (AvgIpc) is 2.67. The molecule has 0 bridgehead atoms. The van der Waals surface area contributed by atoms with Gasteiger partial charge in [-0.3, -0.25) is 9.78 Å². The number of para-hydroxylation sites is 1. The van der Waals surface area contributed by atoms with Gasteiger partial charge in [0.1, 0.15) is 17.5 Å². The molecule has 126 valence electrons. The fourth-order valence-corrected chi connectivity index (χ4v) is 2.80. The quantitative estimate of drug-likeness (QED) is 0.638. The van der Waals surface area contributed by atoms with Crippen molar-refractivity contribution < 1.29 is 9.18 Å². The molecule has 2 heterocycles. The monoisotopic (exact) mass is 336 g/mol. The molecule has 0 radical (unpaired) electrons. The number of nitrogens with zero attached hydrogens (tertiary/aromatic N) is 4. The number of halogens is 1. The van der Waals surface area contributed by atoms with Crippen LogP contribution in [0.3, 0.4) is 0 Å². The van der Waals surface area contributed by atoms with Crippen LogP contribution >= 0.6 is 0 Å². The maximum atomic E-state index is 13.9. The van der Waals surface area contributed by atoms with Crippen LogP contribution in [0, 0.1) is 17.1 Å². The van der Waals surface area contributed by atoms with Crippen molar-refractivity contribution in [2.24, 2.45) is 0 Å². The highest BCUT2D eigenvalue weighted by molar-refractivity contribution is 6.01. The summed E-state index contributed by atoms with van der Waals surface area (Å²) in [6, 6.07) is 12.1. The molecule has 0 atom stereocenters. The van der Waals surface area contributed by atoms with E-state index in [0.29, 0.717) is 37.4 Å². The summed E-state index contributed by atoms with van der Waals surface area (Å²) in [5, 5.41) is 9.31. The molecule has 25 heavy (non-hydrogen) atoms. The van der Waals surface area contributed by atoms with E-state index in [1.165, 1.54) is 6.07 Å². The van der Waals surface area contributed by atoms with E-state index >= 15 is 0 Å². The Morgan fingerprint density at radius 1 is 1.16 bits per heavy atom. The van der Waals surface area contributed by atoms with Crippen LogP contribution in [0.25, 0.3) is 6.08 Å². The minimum absolute atomic E-state index is 0.0762. The summed E-state index contributed by atoms with van der Waals surface area (Å²) >= 11 is 0. The molecule has 0 spiro atoms. The van der Waals surface area contributed by atoms with Gasteiger partial charge in [-0.1, -0.05) is 18.2 Å². The third kappa shape index (κ3) is 3.83. The zero-order chi connectivity index (χ0) is 17.6. The molecule has 0 unspecified atom stereocenters. The fraction of sp³-hybridized carbons (Fsp3) is 0.211. The number of carbonyl (C=O) groups excluding carboxylic acids is 1. The van der Waals surface area contributed by atoms with Crippen molar-refractivity contribution in [2.75, 3.05) is 31.1 Å². The first-order valence-electron chi connectivity index (χ1n) is 7.99. The first kappa shape index (κ1) is 16.7. The van der Waals surface area contributed by atoms with E-state index in [2.05, 4.69) is 4.98 Å². The van der Waals surface area contributed by atoms with Gasteiger partial charge in [0.2, 0.25) is 0 Å². The second kappa shape index (κ2) is 7.58. The second-order valence-electron chi connectivity index (χ2n) is 5.69. The molecule has 1 saturated heterocycles. The summed E-state index contributed by atoms with van der Waals surface area (Å²) in [4.78, 5) is 20.1. The van der Waals surface area contributed by atoms with E-state index in [-0.39, 0.29) is 17.3 Å². The van der Waals surface area contributed by atoms with E-state index in [0.717, 1.165) is 0 Å². The van der Waals surface area contributed by atoms with Gasteiger partial charge in [0.15, 0.2) is 0 Å². The Bertz CT molecular complexity index is 821. The van der Waals surface area contributed by atoms with Crippen LogP contribution in [0.4, 0.5) is 10.1 Å². The number of benzene rings is 1. The lowest BCUT2D eigenvalue weighted by atomic mass is 10.1. The number of carbonyl (C=O) groups is 1. The Morgan fingerprint density at radius 3 is 2.56 bits per heavy atom. The number of hydrogen-bond acceptors (Lipinski definition) is 4. The molecular weight excluding hydrogens is 319 g/mol. The lowest BCUT2D eigenvalue weighted by Gasteiger charge is -2.36. The van der Waals surface area contributed by atoms with E-state index in [1.807, 2.05) is 11.0 Å². The average molecular weight is 336 g/mol. The summed E-state index contributed by atoms with van der Waals surface area (Å²) < 4.78 is 13.9. The van der Waals surface area contributed by atoms with Gasteiger partial charge in [0, 0.05) is 38.6 Å². The smallest absolute Gasteiger partial charge is 0.264 e. The molecule has 5 nitrogen and oxygen atoms in total. The zero-order valence-corrected chi connectivity index (χ0v) is 13.6. The van der Waals surface area contributed by atoms with E-state index in [9.17, 15) is 14.4 Å². The van der Waals surface area contributed by atoms with Gasteiger partial charge in [-0.25, -0.2) is 4.39 Å². The molecule has 1 fully saturated rings. The highest BCUT2D eigenvalue weighted by Gasteiger charge is 2.24. The second-order valence-corrected chi connectivity index (χ2v) is 5.69. The Labute approximate surface area is 145 Å². The fourth-order valence-electron chi connectivity index (χ4n) is 2.80. The normalized spacial score (nSPS) is 15.0. The Hall–Kier alpha value is -3.20. The number of hydrogen-bond donors (Lipinski definition) is 0. The molecule has 0 N–H and O–H groups in total. The molecule has 1 aromatic carbocycles. The number of amides is 1. The molecule has 1 aromatic heterocycles. The first-order valence-corrected chi connectivity index (χ1v) is 7.99. The van der Waals surface area contributed by atoms with Crippen LogP contribution in [-0.4, -0.2) is 42.0 Å². The van der Waals surface area contributed by atoms with Crippen LogP contribution in [0.5, 0.6) is 0 Å². The molecule has 2 aromatic rings. The Balaban J connectivity index is 1.68. The third-order valence-corrected chi connectivity index (χ3v) is 4.11. The molecule has 0 aliphatic carbocycles. The van der Waals surface area contributed by atoms with Crippen LogP contribution in [-0.2, 0) is 4.79 Å². The van der Waals surface area contributed by atoms with Crippen molar-refractivity contribution in [3.63, 3.8) is 0 Å². The molecule has 6 heteroatoms. The van der Waals surface area contributed by atoms with Gasteiger partial charge in [-0.2, -0.15) is 5.26 Å². The third-order valence-electron chi connectivity index (χ3n) is 4.11. The number of aromatic nitrogens is 1. The molecule has 1 aliphatic rings. The summed E-state index contributed by atoms with van der Waals surface area (Å²) in [5.74, 6) is -0.573. The SMILES string of the molecule is N#C/C(=C\c1cccnc1)C(=O)N1CCN(c2ccccc2F)CC1. The van der Waals surface area contributed by atoms with Crippen LogP contribution in [0.2, 0.25) is 0 Å². The minimum atomic E-state index is -0.306. The lowest BCUT2D eigenvalue weighted by Crippen LogP contribution is -2.49. The summed E-state index contributed by atoms with van der Waals surface area (Å²) in [5.41, 5.74) is 1.32. The van der Waals surface area contributed by atoms with Crippen molar-refractivity contribution in [3.05, 3.63) is 65.7 Å². The largest absolute Gasteiger partial charge is 0.366 e. The van der Waals surface area contributed by atoms with Crippen molar-refractivity contribution in [3.8, 4) is 6.07 Å². The predicted octanol–water partition coefficient (Wildman–Crippen LogP) is 2.48. The van der Waals surface area contributed by atoms with Gasteiger partial charge >= 0.3 is 0 Å². The first-order chi connectivity index (χ1) is 12.2. The predicted molar refractivity (Wildman–Crippen MR) is 93.0 cm³/mol. The van der Waals surface area contributed by atoms with Gasteiger partial charge < -0.3 is 9.80 Å². The maximum absolute atomic E-state index is 13.9. The van der Waals surface area contributed by atoms with Crippen LogP contribution in [0.1, 0.15) is 5.56 Å². The lowest BCUT2D eigenvalue weighted by molar-refractivity contribution is -0.126. The number of anilines is 1. The number of pyridine rings is 1. The molecule has 0 saturated carbocycles. The Morgan fingerprint density at radius 2 is 1.92 bits per heavy atom. The van der Waals surface area contributed by atoms with Crippen LogP contribution in [0.15, 0.2) is 54.4 Å². The molecule has 3 rings (SSSR count). The highest BCUT2D eigenvalue weighted by atomic mass is 19.1. The maximum Gasteiger partial charge on any atom is 0.264 e. The standard InChI is InChI=1S/C19H17FN4O/c20-17-5-1-2-6-18(17)23-8-10-24(11-9-23)19(25)16(13-21)12-15-4-3-7-22-14-15/h1-7,12,14H,8-11H2/b16-12+.